The van der Waals surface area contributed by atoms with Gasteiger partial charge in [0.05, 0.1) is 4.90 Å². The molecule has 6 nitrogen and oxygen atoms in total. The Bertz CT molecular complexity index is 816. The lowest BCUT2D eigenvalue weighted by Crippen LogP contribution is -2.25. The quantitative estimate of drug-likeness (QED) is 0.756. The van der Waals surface area contributed by atoms with Gasteiger partial charge in [-0.1, -0.05) is 24.3 Å². The van der Waals surface area contributed by atoms with E-state index in [4.69, 9.17) is 5.11 Å². The van der Waals surface area contributed by atoms with Crippen molar-refractivity contribution in [3.05, 3.63) is 36.4 Å². The molecule has 0 aliphatic heterocycles. The molecule has 0 atom stereocenters. The van der Waals surface area contributed by atoms with Crippen LogP contribution in [0.25, 0.3) is 10.8 Å². The molecular formula is C16H20N2O4S. The van der Waals surface area contributed by atoms with Gasteiger partial charge in [-0.15, -0.1) is 0 Å². The van der Waals surface area contributed by atoms with Gasteiger partial charge in [0.1, 0.15) is 0 Å². The minimum absolute atomic E-state index is 0.0666. The summed E-state index contributed by atoms with van der Waals surface area (Å²) in [6.07, 6.45) is 0.186. The van der Waals surface area contributed by atoms with Gasteiger partial charge < -0.3 is 10.0 Å². The molecule has 0 spiro atoms. The number of anilines is 1. The molecule has 0 bridgehead atoms. The predicted octanol–water partition coefficient (Wildman–Crippen LogP) is 2.05. The molecule has 0 unspecified atom stereocenters. The maximum absolute atomic E-state index is 12.5. The molecule has 0 aliphatic carbocycles. The van der Waals surface area contributed by atoms with E-state index in [1.54, 1.807) is 18.2 Å². The van der Waals surface area contributed by atoms with E-state index in [2.05, 4.69) is 4.72 Å². The van der Waals surface area contributed by atoms with Crippen LogP contribution < -0.4 is 9.62 Å². The van der Waals surface area contributed by atoms with Gasteiger partial charge in [-0.05, 0) is 18.6 Å². The predicted molar refractivity (Wildman–Crippen MR) is 90.3 cm³/mol. The van der Waals surface area contributed by atoms with Crippen LogP contribution in [0.3, 0.4) is 0 Å². The first-order chi connectivity index (χ1) is 10.8. The maximum Gasteiger partial charge on any atom is 0.303 e. The molecule has 7 heteroatoms. The highest BCUT2D eigenvalue weighted by molar-refractivity contribution is 7.89. The smallest absolute Gasteiger partial charge is 0.303 e. The fourth-order valence-electron chi connectivity index (χ4n) is 2.41. The van der Waals surface area contributed by atoms with Crippen molar-refractivity contribution in [3.63, 3.8) is 0 Å². The Morgan fingerprint density at radius 2 is 1.78 bits per heavy atom. The molecule has 124 valence electrons. The lowest BCUT2D eigenvalue weighted by atomic mass is 10.1. The second-order valence-corrected chi connectivity index (χ2v) is 7.15. The van der Waals surface area contributed by atoms with Crippen molar-refractivity contribution in [2.24, 2.45) is 0 Å². The van der Waals surface area contributed by atoms with Gasteiger partial charge in [-0.25, -0.2) is 13.1 Å². The van der Waals surface area contributed by atoms with Gasteiger partial charge in [0, 0.05) is 43.5 Å². The van der Waals surface area contributed by atoms with Crippen molar-refractivity contribution in [2.75, 3.05) is 25.5 Å². The Morgan fingerprint density at radius 3 is 2.43 bits per heavy atom. The number of carboxylic acid groups (broad SMARTS) is 1. The first kappa shape index (κ1) is 17.2. The molecule has 0 amide bonds. The van der Waals surface area contributed by atoms with Crippen LogP contribution >= 0.6 is 0 Å². The summed E-state index contributed by atoms with van der Waals surface area (Å²) < 4.78 is 27.5. The molecule has 0 aliphatic rings. The minimum atomic E-state index is -3.69. The molecule has 2 aromatic carbocycles. The van der Waals surface area contributed by atoms with Crippen LogP contribution in [0.15, 0.2) is 41.3 Å². The van der Waals surface area contributed by atoms with Crippen LogP contribution in [0.2, 0.25) is 0 Å². The number of rotatable bonds is 7. The first-order valence-corrected chi connectivity index (χ1v) is 8.72. The number of carbonyl (C=O) groups is 1. The van der Waals surface area contributed by atoms with Crippen LogP contribution in [-0.4, -0.2) is 40.1 Å². The van der Waals surface area contributed by atoms with E-state index in [9.17, 15) is 13.2 Å². The molecule has 23 heavy (non-hydrogen) atoms. The third kappa shape index (κ3) is 4.00. The molecule has 0 radical (unpaired) electrons. The highest BCUT2D eigenvalue weighted by atomic mass is 32.2. The van der Waals surface area contributed by atoms with Crippen molar-refractivity contribution in [1.82, 2.24) is 4.72 Å². The van der Waals surface area contributed by atoms with Crippen LogP contribution in [0.5, 0.6) is 0 Å². The number of benzene rings is 2. The zero-order chi connectivity index (χ0) is 17.0. The molecule has 0 saturated heterocycles. The standard InChI is InChI=1S/C16H20N2O4S/c1-18(2)14-8-3-7-13-12(14)6-4-9-15(13)23(21,22)17-11-5-10-16(19)20/h3-4,6-9,17H,5,10-11H2,1-2H3,(H,19,20). The zero-order valence-electron chi connectivity index (χ0n) is 13.1. The average molecular weight is 336 g/mol. The third-order valence-corrected chi connectivity index (χ3v) is 5.01. The highest BCUT2D eigenvalue weighted by Gasteiger charge is 2.18. The zero-order valence-corrected chi connectivity index (χ0v) is 13.9. The van der Waals surface area contributed by atoms with Crippen molar-refractivity contribution in [1.29, 1.82) is 0 Å². The summed E-state index contributed by atoms with van der Waals surface area (Å²) in [5.74, 6) is -0.940. The molecule has 0 fully saturated rings. The summed E-state index contributed by atoms with van der Waals surface area (Å²) in [5.41, 5.74) is 0.936. The number of aliphatic carboxylic acids is 1. The van der Waals surface area contributed by atoms with E-state index in [-0.39, 0.29) is 24.3 Å². The number of nitrogens with zero attached hydrogens (tertiary/aromatic N) is 1. The number of hydrogen-bond donors (Lipinski definition) is 2. The number of hydrogen-bond acceptors (Lipinski definition) is 4. The molecule has 2 N–H and O–H groups in total. The number of carboxylic acids is 1. The van der Waals surface area contributed by atoms with Crippen molar-refractivity contribution in [2.45, 2.75) is 17.7 Å². The normalized spacial score (nSPS) is 11.6. The van der Waals surface area contributed by atoms with Crippen molar-refractivity contribution in [3.8, 4) is 0 Å². The topological polar surface area (TPSA) is 86.7 Å². The highest BCUT2D eigenvalue weighted by Crippen LogP contribution is 2.29. The van der Waals surface area contributed by atoms with Gasteiger partial charge in [0.2, 0.25) is 10.0 Å². The van der Waals surface area contributed by atoms with E-state index < -0.39 is 16.0 Å². The lowest BCUT2D eigenvalue weighted by molar-refractivity contribution is -0.137. The maximum atomic E-state index is 12.5. The van der Waals surface area contributed by atoms with Crippen LogP contribution in [0.4, 0.5) is 5.69 Å². The van der Waals surface area contributed by atoms with E-state index >= 15 is 0 Å². The molecule has 0 aromatic heterocycles. The molecule has 2 aromatic rings. The average Bonchev–Trinajstić information content (AvgIpc) is 2.50. The second kappa shape index (κ2) is 6.97. The summed E-state index contributed by atoms with van der Waals surface area (Å²) >= 11 is 0. The summed E-state index contributed by atoms with van der Waals surface area (Å²) in [4.78, 5) is 12.6. The van der Waals surface area contributed by atoms with E-state index in [1.807, 2.05) is 37.2 Å². The largest absolute Gasteiger partial charge is 0.481 e. The summed E-state index contributed by atoms with van der Waals surface area (Å²) in [6.45, 7) is 0.0956. The van der Waals surface area contributed by atoms with E-state index in [0.717, 1.165) is 11.1 Å². The SMILES string of the molecule is CN(C)c1cccc2c(S(=O)(=O)NCCCC(=O)O)cccc12. The lowest BCUT2D eigenvalue weighted by Gasteiger charge is -2.17. The Labute approximate surface area is 135 Å². The Hall–Kier alpha value is -2.12. The minimum Gasteiger partial charge on any atom is -0.481 e. The number of nitrogens with one attached hydrogen (secondary N) is 1. The monoisotopic (exact) mass is 336 g/mol. The first-order valence-electron chi connectivity index (χ1n) is 7.23. The van der Waals surface area contributed by atoms with Crippen LogP contribution in [-0.2, 0) is 14.8 Å². The van der Waals surface area contributed by atoms with Crippen molar-refractivity contribution >= 4 is 32.5 Å². The number of sulfonamides is 1. The Balaban J connectivity index is 2.35. The van der Waals surface area contributed by atoms with Gasteiger partial charge in [0.15, 0.2) is 0 Å². The van der Waals surface area contributed by atoms with Gasteiger partial charge >= 0.3 is 5.97 Å². The number of fused-ring (bicyclic) bond motifs is 1. The molecule has 0 heterocycles. The van der Waals surface area contributed by atoms with Gasteiger partial charge in [0.25, 0.3) is 0 Å². The fraction of sp³-hybridized carbons (Fsp3) is 0.312. The fourth-order valence-corrected chi connectivity index (χ4v) is 3.71. The molecule has 0 saturated carbocycles. The summed E-state index contributed by atoms with van der Waals surface area (Å²) in [6, 6.07) is 10.7. The molecular weight excluding hydrogens is 316 g/mol. The Kier molecular flexibility index (Phi) is 5.23. The Morgan fingerprint density at radius 1 is 1.13 bits per heavy atom. The summed E-state index contributed by atoms with van der Waals surface area (Å²) in [7, 11) is 0.117. The second-order valence-electron chi connectivity index (χ2n) is 5.42. The molecule has 2 rings (SSSR count). The van der Waals surface area contributed by atoms with Gasteiger partial charge in [-0.2, -0.15) is 0 Å². The van der Waals surface area contributed by atoms with Crippen LogP contribution in [0, 0.1) is 0 Å². The van der Waals surface area contributed by atoms with Crippen molar-refractivity contribution < 1.29 is 18.3 Å². The van der Waals surface area contributed by atoms with E-state index in [1.165, 1.54) is 0 Å². The third-order valence-electron chi connectivity index (χ3n) is 3.49. The summed E-state index contributed by atoms with van der Waals surface area (Å²) in [5, 5.41) is 10.1. The van der Waals surface area contributed by atoms with Crippen LogP contribution in [0.1, 0.15) is 12.8 Å². The van der Waals surface area contributed by atoms with E-state index in [0.29, 0.717) is 5.39 Å². The van der Waals surface area contributed by atoms with Gasteiger partial charge in [-0.3, -0.25) is 4.79 Å².